The summed E-state index contributed by atoms with van der Waals surface area (Å²) in [6.07, 6.45) is 2.07. The summed E-state index contributed by atoms with van der Waals surface area (Å²) in [5, 5.41) is 16.4. The average Bonchev–Trinajstić information content (AvgIpc) is 2.66. The fraction of sp³-hybridized carbons (Fsp3) is 0.300. The minimum absolute atomic E-state index is 0.0201. The van der Waals surface area contributed by atoms with Crippen LogP contribution in [0.25, 0.3) is 5.52 Å². The summed E-state index contributed by atoms with van der Waals surface area (Å²) in [7, 11) is 0. The molecule has 0 saturated heterocycles. The third-order valence-corrected chi connectivity index (χ3v) is 2.30. The third-order valence-electron chi connectivity index (χ3n) is 2.30. The Kier molecular flexibility index (Phi) is 2.92. The molecule has 90 valence electrons. The number of anilines is 1. The second-order valence-electron chi connectivity index (χ2n) is 3.69. The molecular formula is C10H13N5O2. The van der Waals surface area contributed by atoms with Crippen LogP contribution in [-0.2, 0) is 4.79 Å². The second kappa shape index (κ2) is 4.38. The summed E-state index contributed by atoms with van der Waals surface area (Å²) in [5.41, 5.74) is 6.59. The van der Waals surface area contributed by atoms with Crippen molar-refractivity contribution in [2.24, 2.45) is 5.73 Å². The first-order valence-corrected chi connectivity index (χ1v) is 5.10. The Hall–Kier alpha value is -2.15. The number of nitrogens with zero attached hydrogens (tertiary/aromatic N) is 3. The van der Waals surface area contributed by atoms with Crippen LogP contribution >= 0.6 is 0 Å². The molecule has 0 saturated carbocycles. The van der Waals surface area contributed by atoms with Gasteiger partial charge in [-0.15, -0.1) is 0 Å². The molecule has 1 atom stereocenters. The molecule has 1 amide bonds. The van der Waals surface area contributed by atoms with Gasteiger partial charge < -0.3 is 16.2 Å². The van der Waals surface area contributed by atoms with Crippen molar-refractivity contribution in [2.45, 2.75) is 13.0 Å². The van der Waals surface area contributed by atoms with Gasteiger partial charge in [0.1, 0.15) is 11.6 Å². The minimum atomic E-state index is -1.24. The van der Waals surface area contributed by atoms with Crippen molar-refractivity contribution in [2.75, 3.05) is 11.9 Å². The zero-order valence-electron chi connectivity index (χ0n) is 9.29. The number of primary amides is 1. The molecule has 0 bridgehead atoms. The number of aliphatic hydroxyl groups is 1. The number of nitrogens with two attached hydrogens (primary N) is 1. The highest BCUT2D eigenvalue weighted by atomic mass is 16.3. The number of nitrogens with one attached hydrogen (secondary N) is 1. The van der Waals surface area contributed by atoms with Gasteiger partial charge in [0.25, 0.3) is 0 Å². The Bertz CT molecular complexity index is 551. The average molecular weight is 235 g/mol. The van der Waals surface area contributed by atoms with Crippen molar-refractivity contribution in [1.82, 2.24) is 14.6 Å². The second-order valence-corrected chi connectivity index (χ2v) is 3.69. The third kappa shape index (κ3) is 2.34. The molecule has 0 aromatic carbocycles. The molecule has 2 aromatic heterocycles. The highest BCUT2D eigenvalue weighted by Gasteiger charge is 2.12. The zero-order chi connectivity index (χ0) is 12.4. The summed E-state index contributed by atoms with van der Waals surface area (Å²) in [6, 6.07) is 1.85. The van der Waals surface area contributed by atoms with E-state index in [4.69, 9.17) is 5.73 Å². The van der Waals surface area contributed by atoms with Crippen LogP contribution in [0.5, 0.6) is 0 Å². The van der Waals surface area contributed by atoms with Gasteiger partial charge in [-0.1, -0.05) is 0 Å². The van der Waals surface area contributed by atoms with E-state index in [1.54, 1.807) is 16.9 Å². The van der Waals surface area contributed by atoms with E-state index >= 15 is 0 Å². The van der Waals surface area contributed by atoms with Crippen LogP contribution in [0.3, 0.4) is 0 Å². The van der Waals surface area contributed by atoms with Gasteiger partial charge in [0.2, 0.25) is 5.91 Å². The Morgan fingerprint density at radius 3 is 3.18 bits per heavy atom. The Labute approximate surface area is 97.3 Å². The first kappa shape index (κ1) is 11.3. The van der Waals surface area contributed by atoms with Crippen molar-refractivity contribution >= 4 is 17.2 Å². The van der Waals surface area contributed by atoms with E-state index in [2.05, 4.69) is 15.4 Å². The number of hydrogen-bond acceptors (Lipinski definition) is 5. The van der Waals surface area contributed by atoms with E-state index < -0.39 is 12.0 Å². The summed E-state index contributed by atoms with van der Waals surface area (Å²) in [6.45, 7) is 1.89. The van der Waals surface area contributed by atoms with Gasteiger partial charge in [-0.25, -0.2) is 9.50 Å². The number of amides is 1. The molecule has 0 fully saturated rings. The standard InChI is InChI=1S/C10H13N5O2/c1-6-4-7-10(12-2-3-15(7)14-6)13-5-8(16)9(11)17/h2-4,8,16H,5H2,1H3,(H2,11,17)(H,12,13). The number of rotatable bonds is 4. The number of aliphatic hydroxyl groups excluding tert-OH is 1. The highest BCUT2D eigenvalue weighted by Crippen LogP contribution is 2.14. The van der Waals surface area contributed by atoms with Crippen LogP contribution in [0.2, 0.25) is 0 Å². The fourth-order valence-electron chi connectivity index (χ4n) is 1.47. The van der Waals surface area contributed by atoms with Gasteiger partial charge in [-0.3, -0.25) is 4.79 Å². The van der Waals surface area contributed by atoms with Crippen molar-refractivity contribution in [3.8, 4) is 0 Å². The Morgan fingerprint density at radius 2 is 2.47 bits per heavy atom. The molecule has 0 aliphatic heterocycles. The lowest BCUT2D eigenvalue weighted by Gasteiger charge is -2.09. The fourth-order valence-corrected chi connectivity index (χ4v) is 1.47. The van der Waals surface area contributed by atoms with Crippen LogP contribution in [0, 0.1) is 6.92 Å². The van der Waals surface area contributed by atoms with Gasteiger partial charge in [-0.2, -0.15) is 5.10 Å². The molecule has 0 aliphatic carbocycles. The van der Waals surface area contributed by atoms with E-state index in [0.717, 1.165) is 11.2 Å². The number of hydrogen-bond donors (Lipinski definition) is 3. The zero-order valence-corrected chi connectivity index (χ0v) is 9.29. The van der Waals surface area contributed by atoms with Crippen molar-refractivity contribution in [3.63, 3.8) is 0 Å². The molecule has 7 nitrogen and oxygen atoms in total. The van der Waals surface area contributed by atoms with Crippen LogP contribution in [-0.4, -0.2) is 38.3 Å². The molecule has 0 aliphatic rings. The number of carbonyl (C=O) groups is 1. The highest BCUT2D eigenvalue weighted by molar-refractivity contribution is 5.79. The predicted octanol–water partition coefficient (Wildman–Crippen LogP) is -0.704. The molecule has 2 heterocycles. The number of carbonyl (C=O) groups excluding carboxylic acids is 1. The monoisotopic (exact) mass is 235 g/mol. The lowest BCUT2D eigenvalue weighted by molar-refractivity contribution is -0.125. The largest absolute Gasteiger partial charge is 0.381 e. The molecule has 2 rings (SSSR count). The normalized spacial score (nSPS) is 12.6. The van der Waals surface area contributed by atoms with E-state index in [9.17, 15) is 9.90 Å². The van der Waals surface area contributed by atoms with Crippen LogP contribution in [0.1, 0.15) is 5.69 Å². The van der Waals surface area contributed by atoms with Gasteiger partial charge >= 0.3 is 0 Å². The molecule has 0 radical (unpaired) electrons. The van der Waals surface area contributed by atoms with E-state index in [1.165, 1.54) is 0 Å². The van der Waals surface area contributed by atoms with Gasteiger partial charge in [-0.05, 0) is 13.0 Å². The van der Waals surface area contributed by atoms with Crippen molar-refractivity contribution in [1.29, 1.82) is 0 Å². The summed E-state index contributed by atoms with van der Waals surface area (Å²) < 4.78 is 1.67. The minimum Gasteiger partial charge on any atom is -0.381 e. The van der Waals surface area contributed by atoms with Gasteiger partial charge in [0.15, 0.2) is 5.82 Å². The molecule has 1 unspecified atom stereocenters. The first-order chi connectivity index (χ1) is 8.08. The summed E-state index contributed by atoms with van der Waals surface area (Å²) in [4.78, 5) is 14.8. The van der Waals surface area contributed by atoms with E-state index in [1.807, 2.05) is 13.0 Å². The summed E-state index contributed by atoms with van der Waals surface area (Å²) >= 11 is 0. The maximum atomic E-state index is 10.7. The maximum absolute atomic E-state index is 10.7. The molecule has 7 heteroatoms. The van der Waals surface area contributed by atoms with Gasteiger partial charge in [0.05, 0.1) is 12.2 Å². The van der Waals surface area contributed by atoms with Crippen LogP contribution in [0.15, 0.2) is 18.5 Å². The van der Waals surface area contributed by atoms with Crippen molar-refractivity contribution in [3.05, 3.63) is 24.2 Å². The molecule has 0 spiro atoms. The quantitative estimate of drug-likeness (QED) is 0.649. The number of aryl methyl sites for hydroxylation is 1. The maximum Gasteiger partial charge on any atom is 0.248 e. The molecular weight excluding hydrogens is 222 g/mol. The molecule has 4 N–H and O–H groups in total. The van der Waals surface area contributed by atoms with Crippen LogP contribution < -0.4 is 11.1 Å². The molecule has 2 aromatic rings. The SMILES string of the molecule is Cc1cc2c(NCC(O)C(N)=O)nccn2n1. The van der Waals surface area contributed by atoms with E-state index in [0.29, 0.717) is 5.82 Å². The Morgan fingerprint density at radius 1 is 1.71 bits per heavy atom. The predicted molar refractivity (Wildman–Crippen MR) is 61.4 cm³/mol. The first-order valence-electron chi connectivity index (χ1n) is 5.10. The lowest BCUT2D eigenvalue weighted by Crippen LogP contribution is -2.34. The van der Waals surface area contributed by atoms with Crippen LogP contribution in [0.4, 0.5) is 5.82 Å². The number of fused-ring (bicyclic) bond motifs is 1. The topological polar surface area (TPSA) is 106 Å². The van der Waals surface area contributed by atoms with Gasteiger partial charge in [0, 0.05) is 12.4 Å². The Balaban J connectivity index is 2.21. The summed E-state index contributed by atoms with van der Waals surface area (Å²) in [5.74, 6) is -0.220. The lowest BCUT2D eigenvalue weighted by atomic mass is 10.3. The smallest absolute Gasteiger partial charge is 0.248 e. The van der Waals surface area contributed by atoms with Crippen molar-refractivity contribution < 1.29 is 9.90 Å². The van der Waals surface area contributed by atoms with E-state index in [-0.39, 0.29) is 6.54 Å². The molecule has 17 heavy (non-hydrogen) atoms. The number of aromatic nitrogens is 3.